The SMILES string of the molecule is C=C(Nc1ccc(N)cc1N)C(C)(C)CO/C(C)=C/C=C(\C)F. The molecular weight excluding hydrogens is 293 g/mol. The molecule has 0 saturated carbocycles. The van der Waals surface area contributed by atoms with Crippen molar-refractivity contribution in [3.05, 3.63) is 54.2 Å². The summed E-state index contributed by atoms with van der Waals surface area (Å²) in [6.45, 7) is 11.6. The van der Waals surface area contributed by atoms with Gasteiger partial charge >= 0.3 is 0 Å². The quantitative estimate of drug-likeness (QED) is 0.390. The first-order chi connectivity index (χ1) is 10.6. The number of halogens is 1. The molecule has 0 saturated heterocycles. The fraction of sp³-hybridized carbons (Fsp3) is 0.333. The van der Waals surface area contributed by atoms with E-state index in [4.69, 9.17) is 16.2 Å². The van der Waals surface area contributed by atoms with Crippen molar-refractivity contribution in [3.63, 3.8) is 0 Å². The van der Waals surface area contributed by atoms with Crippen molar-refractivity contribution in [1.82, 2.24) is 0 Å². The van der Waals surface area contributed by atoms with Crippen molar-refractivity contribution in [2.75, 3.05) is 23.4 Å². The van der Waals surface area contributed by atoms with Gasteiger partial charge in [0.05, 0.1) is 29.6 Å². The molecule has 0 unspecified atom stereocenters. The van der Waals surface area contributed by atoms with E-state index in [1.807, 2.05) is 19.9 Å². The molecule has 1 aromatic rings. The van der Waals surface area contributed by atoms with Crippen molar-refractivity contribution < 1.29 is 9.13 Å². The Balaban J connectivity index is 2.70. The van der Waals surface area contributed by atoms with E-state index >= 15 is 0 Å². The van der Waals surface area contributed by atoms with Crippen molar-refractivity contribution in [3.8, 4) is 0 Å². The van der Waals surface area contributed by atoms with Gasteiger partial charge in [-0.15, -0.1) is 0 Å². The molecule has 0 fully saturated rings. The summed E-state index contributed by atoms with van der Waals surface area (Å²) < 4.78 is 18.4. The van der Waals surface area contributed by atoms with Crippen LogP contribution in [0.15, 0.2) is 54.2 Å². The highest BCUT2D eigenvalue weighted by Crippen LogP contribution is 2.30. The second-order valence-corrected chi connectivity index (χ2v) is 6.15. The van der Waals surface area contributed by atoms with Gasteiger partial charge in [-0.25, -0.2) is 4.39 Å². The van der Waals surface area contributed by atoms with Crippen molar-refractivity contribution >= 4 is 17.1 Å². The second kappa shape index (κ2) is 7.72. The highest BCUT2D eigenvalue weighted by atomic mass is 19.1. The van der Waals surface area contributed by atoms with Crippen LogP contribution in [0, 0.1) is 5.41 Å². The lowest BCUT2D eigenvalue weighted by molar-refractivity contribution is 0.139. The molecule has 5 heteroatoms. The number of allylic oxidation sites excluding steroid dienone is 4. The minimum Gasteiger partial charge on any atom is -0.497 e. The van der Waals surface area contributed by atoms with Crippen LogP contribution in [0.5, 0.6) is 0 Å². The number of hydrogen-bond acceptors (Lipinski definition) is 4. The summed E-state index contributed by atoms with van der Waals surface area (Å²) in [6, 6.07) is 5.28. The van der Waals surface area contributed by atoms with Gasteiger partial charge in [0.15, 0.2) is 0 Å². The molecule has 1 aromatic carbocycles. The number of hydrogen-bond donors (Lipinski definition) is 3. The lowest BCUT2D eigenvalue weighted by Gasteiger charge is -2.28. The Labute approximate surface area is 137 Å². The van der Waals surface area contributed by atoms with Gasteiger partial charge in [-0.1, -0.05) is 20.4 Å². The van der Waals surface area contributed by atoms with Gasteiger partial charge in [0.25, 0.3) is 0 Å². The zero-order valence-electron chi connectivity index (χ0n) is 14.2. The zero-order valence-corrected chi connectivity index (χ0v) is 14.2. The third kappa shape index (κ3) is 6.06. The highest BCUT2D eigenvalue weighted by Gasteiger charge is 2.23. The summed E-state index contributed by atoms with van der Waals surface area (Å²) in [4.78, 5) is 0. The van der Waals surface area contributed by atoms with Gasteiger partial charge in [-0.3, -0.25) is 0 Å². The summed E-state index contributed by atoms with van der Waals surface area (Å²) >= 11 is 0. The first-order valence-corrected chi connectivity index (χ1v) is 7.36. The standard InChI is InChI=1S/C18H26FN3O/c1-12(19)6-7-13(2)23-11-18(4,5)14(3)22-17-9-8-15(20)10-16(17)21/h6-10,22H,3,11,20-21H2,1-2,4-5H3/b12-6+,13-7+. The Morgan fingerprint density at radius 2 is 1.96 bits per heavy atom. The molecule has 0 aliphatic heterocycles. The molecule has 126 valence electrons. The number of anilines is 3. The third-order valence-electron chi connectivity index (χ3n) is 3.39. The van der Waals surface area contributed by atoms with Crippen LogP contribution < -0.4 is 16.8 Å². The van der Waals surface area contributed by atoms with Gasteiger partial charge in [-0.2, -0.15) is 0 Å². The van der Waals surface area contributed by atoms with E-state index in [0.29, 0.717) is 23.7 Å². The lowest BCUT2D eigenvalue weighted by atomic mass is 9.90. The Morgan fingerprint density at radius 1 is 1.30 bits per heavy atom. The Bertz CT molecular complexity index is 629. The summed E-state index contributed by atoms with van der Waals surface area (Å²) in [7, 11) is 0. The molecule has 0 heterocycles. The minimum atomic E-state index is -0.350. The van der Waals surface area contributed by atoms with Gasteiger partial charge < -0.3 is 21.5 Å². The largest absolute Gasteiger partial charge is 0.497 e. The minimum absolute atomic E-state index is 0.267. The third-order valence-corrected chi connectivity index (χ3v) is 3.39. The van der Waals surface area contributed by atoms with Gasteiger partial charge in [0.2, 0.25) is 0 Å². The number of nitrogens with two attached hydrogens (primary N) is 2. The summed E-state index contributed by atoms with van der Waals surface area (Å²) in [5, 5.41) is 3.21. The number of nitrogens with one attached hydrogen (secondary N) is 1. The van der Waals surface area contributed by atoms with E-state index in [0.717, 1.165) is 11.4 Å². The molecule has 0 radical (unpaired) electrons. The Kier molecular flexibility index (Phi) is 6.25. The zero-order chi connectivity index (χ0) is 17.6. The average Bonchev–Trinajstić information content (AvgIpc) is 2.45. The van der Waals surface area contributed by atoms with E-state index in [1.54, 1.807) is 25.1 Å². The molecule has 0 aliphatic rings. The number of ether oxygens (including phenoxy) is 1. The Morgan fingerprint density at radius 3 is 2.52 bits per heavy atom. The van der Waals surface area contributed by atoms with Crippen LogP contribution >= 0.6 is 0 Å². The molecule has 4 nitrogen and oxygen atoms in total. The van der Waals surface area contributed by atoms with Gasteiger partial charge in [0.1, 0.15) is 0 Å². The average molecular weight is 319 g/mol. The summed E-state index contributed by atoms with van der Waals surface area (Å²) in [5.41, 5.74) is 14.0. The molecule has 23 heavy (non-hydrogen) atoms. The van der Waals surface area contributed by atoms with Gasteiger partial charge in [0, 0.05) is 16.8 Å². The van der Waals surface area contributed by atoms with Crippen LogP contribution in [0.1, 0.15) is 27.7 Å². The number of nitrogen functional groups attached to an aromatic ring is 2. The van der Waals surface area contributed by atoms with E-state index in [1.165, 1.54) is 13.0 Å². The predicted molar refractivity (Wildman–Crippen MR) is 96.4 cm³/mol. The van der Waals surface area contributed by atoms with E-state index in [2.05, 4.69) is 11.9 Å². The number of rotatable bonds is 7. The molecule has 0 spiro atoms. The highest BCUT2D eigenvalue weighted by molar-refractivity contribution is 5.72. The normalized spacial score (nSPS) is 12.9. The monoisotopic (exact) mass is 319 g/mol. The lowest BCUT2D eigenvalue weighted by Crippen LogP contribution is -2.25. The van der Waals surface area contributed by atoms with Crippen LogP contribution in [0.2, 0.25) is 0 Å². The predicted octanol–water partition coefficient (Wildman–Crippen LogP) is 4.60. The molecule has 1 rings (SSSR count). The topological polar surface area (TPSA) is 73.3 Å². The molecule has 0 aliphatic carbocycles. The molecule has 0 bridgehead atoms. The smallest absolute Gasteiger partial charge is 0.0982 e. The van der Waals surface area contributed by atoms with Gasteiger partial charge in [-0.05, 0) is 44.2 Å². The maximum atomic E-state index is 12.7. The molecular formula is C18H26FN3O. The second-order valence-electron chi connectivity index (χ2n) is 6.15. The van der Waals surface area contributed by atoms with Crippen molar-refractivity contribution in [2.45, 2.75) is 27.7 Å². The van der Waals surface area contributed by atoms with Crippen molar-refractivity contribution in [1.29, 1.82) is 0 Å². The van der Waals surface area contributed by atoms with Crippen molar-refractivity contribution in [2.24, 2.45) is 5.41 Å². The maximum absolute atomic E-state index is 12.7. The molecule has 0 amide bonds. The first-order valence-electron chi connectivity index (χ1n) is 7.36. The first kappa shape index (κ1) is 18.6. The van der Waals surface area contributed by atoms with E-state index in [-0.39, 0.29) is 11.2 Å². The fourth-order valence-corrected chi connectivity index (χ4v) is 1.69. The van der Waals surface area contributed by atoms with Crippen LogP contribution in [-0.2, 0) is 4.74 Å². The van der Waals surface area contributed by atoms with Crippen LogP contribution in [0.4, 0.5) is 21.5 Å². The molecule has 0 aromatic heterocycles. The van der Waals surface area contributed by atoms with Crippen LogP contribution in [0.25, 0.3) is 0 Å². The molecule has 0 atom stereocenters. The van der Waals surface area contributed by atoms with E-state index < -0.39 is 0 Å². The Hall–Kier alpha value is -2.43. The molecule has 5 N–H and O–H groups in total. The summed E-state index contributed by atoms with van der Waals surface area (Å²) in [5.74, 6) is 0.368. The van der Waals surface area contributed by atoms with E-state index in [9.17, 15) is 4.39 Å². The fourth-order valence-electron chi connectivity index (χ4n) is 1.69. The number of benzene rings is 1. The maximum Gasteiger partial charge on any atom is 0.0982 e. The summed E-state index contributed by atoms with van der Waals surface area (Å²) in [6.07, 6.45) is 2.96. The van der Waals surface area contributed by atoms with Crippen LogP contribution in [-0.4, -0.2) is 6.61 Å². The van der Waals surface area contributed by atoms with Crippen LogP contribution in [0.3, 0.4) is 0 Å².